The monoisotopic (exact) mass is 318 g/mol. The van der Waals surface area contributed by atoms with Crippen molar-refractivity contribution >= 4 is 23.3 Å². The Bertz CT molecular complexity index is 597. The van der Waals surface area contributed by atoms with Crippen LogP contribution in [0.3, 0.4) is 0 Å². The number of anilines is 1. The second kappa shape index (κ2) is 8.29. The van der Waals surface area contributed by atoms with Gasteiger partial charge in [0.15, 0.2) is 6.73 Å². The van der Waals surface area contributed by atoms with Gasteiger partial charge in [-0.05, 0) is 48.4 Å². The number of hydrogen-bond donors (Lipinski definition) is 2. The van der Waals surface area contributed by atoms with Gasteiger partial charge in [-0.15, -0.1) is 0 Å². The summed E-state index contributed by atoms with van der Waals surface area (Å²) in [7, 11) is 0. The number of rotatable bonds is 6. The summed E-state index contributed by atoms with van der Waals surface area (Å²) in [5.74, 6) is 0.728. The molecule has 2 aromatic rings. The molecule has 2 N–H and O–H groups in total. The van der Waals surface area contributed by atoms with Crippen molar-refractivity contribution < 1.29 is 9.53 Å². The van der Waals surface area contributed by atoms with Crippen LogP contribution in [-0.4, -0.2) is 12.8 Å². The highest BCUT2D eigenvalue weighted by Crippen LogP contribution is 2.14. The van der Waals surface area contributed by atoms with Gasteiger partial charge in [0, 0.05) is 10.7 Å². The van der Waals surface area contributed by atoms with E-state index in [-0.39, 0.29) is 12.8 Å². The Morgan fingerprint density at radius 1 is 1.09 bits per heavy atom. The third-order valence-corrected chi connectivity index (χ3v) is 3.29. The zero-order valence-corrected chi connectivity index (χ0v) is 13.2. The summed E-state index contributed by atoms with van der Waals surface area (Å²) in [4.78, 5) is 11.7. The van der Waals surface area contributed by atoms with Crippen LogP contribution in [0, 0.1) is 0 Å². The van der Waals surface area contributed by atoms with Crippen molar-refractivity contribution in [1.29, 1.82) is 0 Å². The molecule has 0 spiro atoms. The van der Waals surface area contributed by atoms with Crippen molar-refractivity contribution in [2.75, 3.05) is 12.0 Å². The first-order valence-electron chi connectivity index (χ1n) is 7.19. The zero-order chi connectivity index (χ0) is 15.8. The van der Waals surface area contributed by atoms with Crippen molar-refractivity contribution in [1.82, 2.24) is 5.32 Å². The van der Waals surface area contributed by atoms with E-state index >= 15 is 0 Å². The molecule has 0 saturated carbocycles. The third kappa shape index (κ3) is 5.30. The maximum atomic E-state index is 11.7. The van der Waals surface area contributed by atoms with Crippen LogP contribution < -0.4 is 15.4 Å². The molecule has 2 aromatic carbocycles. The fourth-order valence-corrected chi connectivity index (χ4v) is 2.06. The average Bonchev–Trinajstić information content (AvgIpc) is 2.52. The van der Waals surface area contributed by atoms with Crippen molar-refractivity contribution in [3.8, 4) is 5.75 Å². The number of nitrogens with one attached hydrogen (secondary N) is 2. The summed E-state index contributed by atoms with van der Waals surface area (Å²) < 4.78 is 5.47. The van der Waals surface area contributed by atoms with Gasteiger partial charge in [0.2, 0.25) is 0 Å². The molecule has 2 amide bonds. The fraction of sp³-hybridized carbons (Fsp3) is 0.235. The molecule has 116 valence electrons. The van der Waals surface area contributed by atoms with E-state index in [4.69, 9.17) is 16.3 Å². The van der Waals surface area contributed by atoms with E-state index in [1.807, 2.05) is 24.3 Å². The van der Waals surface area contributed by atoms with Crippen LogP contribution in [0.2, 0.25) is 5.02 Å². The van der Waals surface area contributed by atoms with Gasteiger partial charge < -0.3 is 15.4 Å². The van der Waals surface area contributed by atoms with Crippen LogP contribution in [0.25, 0.3) is 0 Å². The van der Waals surface area contributed by atoms with Crippen LogP contribution in [-0.2, 0) is 6.42 Å². The number of carbonyl (C=O) groups is 1. The number of ether oxygens (including phenoxy) is 1. The fourth-order valence-electron chi connectivity index (χ4n) is 1.93. The number of carbonyl (C=O) groups excluding carboxylic acids is 1. The van der Waals surface area contributed by atoms with Crippen molar-refractivity contribution in [3.05, 3.63) is 59.1 Å². The largest absolute Gasteiger partial charge is 0.473 e. The summed E-state index contributed by atoms with van der Waals surface area (Å²) in [6.45, 7) is 2.25. The minimum absolute atomic E-state index is 0.104. The molecule has 4 nitrogen and oxygen atoms in total. The van der Waals surface area contributed by atoms with Crippen LogP contribution in [0.5, 0.6) is 5.75 Å². The first-order valence-corrected chi connectivity index (χ1v) is 7.57. The molecule has 0 heterocycles. The highest BCUT2D eigenvalue weighted by atomic mass is 35.5. The van der Waals surface area contributed by atoms with Gasteiger partial charge in [-0.1, -0.05) is 37.1 Å². The van der Waals surface area contributed by atoms with E-state index in [1.165, 1.54) is 5.56 Å². The SMILES string of the molecule is CCCc1ccc(OCNC(=O)Nc2ccc(Cl)cc2)cc1. The lowest BCUT2D eigenvalue weighted by Gasteiger charge is -2.10. The Balaban J connectivity index is 1.73. The molecule has 0 bridgehead atoms. The number of amides is 2. The van der Waals surface area contributed by atoms with Crippen LogP contribution >= 0.6 is 11.6 Å². The summed E-state index contributed by atoms with van der Waals surface area (Å²) in [6, 6.07) is 14.4. The first kappa shape index (κ1) is 16.2. The molecule has 22 heavy (non-hydrogen) atoms. The Morgan fingerprint density at radius 3 is 2.41 bits per heavy atom. The molecular weight excluding hydrogens is 300 g/mol. The predicted octanol–water partition coefficient (Wildman–Crippen LogP) is 4.45. The summed E-state index contributed by atoms with van der Waals surface area (Å²) >= 11 is 5.78. The van der Waals surface area contributed by atoms with Gasteiger partial charge in [0.05, 0.1) is 0 Å². The molecule has 0 unspecified atom stereocenters. The number of halogens is 1. The van der Waals surface area contributed by atoms with Crippen LogP contribution in [0.4, 0.5) is 10.5 Å². The zero-order valence-electron chi connectivity index (χ0n) is 12.4. The molecule has 0 aromatic heterocycles. The van der Waals surface area contributed by atoms with E-state index in [2.05, 4.69) is 17.6 Å². The molecule has 5 heteroatoms. The smallest absolute Gasteiger partial charge is 0.321 e. The highest BCUT2D eigenvalue weighted by molar-refractivity contribution is 6.30. The molecule has 0 aliphatic heterocycles. The summed E-state index contributed by atoms with van der Waals surface area (Å²) in [6.07, 6.45) is 2.18. The lowest BCUT2D eigenvalue weighted by molar-refractivity contribution is 0.234. The van der Waals surface area contributed by atoms with Crippen molar-refractivity contribution in [2.24, 2.45) is 0 Å². The second-order valence-corrected chi connectivity index (χ2v) is 5.26. The van der Waals surface area contributed by atoms with E-state index in [0.29, 0.717) is 10.7 Å². The lowest BCUT2D eigenvalue weighted by Crippen LogP contribution is -2.31. The van der Waals surface area contributed by atoms with Gasteiger partial charge in [0.1, 0.15) is 5.75 Å². The van der Waals surface area contributed by atoms with E-state index in [0.717, 1.165) is 18.6 Å². The van der Waals surface area contributed by atoms with Crippen molar-refractivity contribution in [2.45, 2.75) is 19.8 Å². The van der Waals surface area contributed by atoms with Gasteiger partial charge in [-0.25, -0.2) is 4.79 Å². The Hall–Kier alpha value is -2.20. The summed E-state index contributed by atoms with van der Waals surface area (Å²) in [5.41, 5.74) is 1.95. The number of aryl methyl sites for hydroxylation is 1. The minimum atomic E-state index is -0.329. The van der Waals surface area contributed by atoms with E-state index < -0.39 is 0 Å². The average molecular weight is 319 g/mol. The molecule has 0 fully saturated rings. The quantitative estimate of drug-likeness (QED) is 0.773. The molecular formula is C17H19ClN2O2. The van der Waals surface area contributed by atoms with Gasteiger partial charge in [-0.2, -0.15) is 0 Å². The maximum absolute atomic E-state index is 11.7. The molecule has 0 radical (unpaired) electrons. The molecule has 2 rings (SSSR count). The Kier molecular flexibility index (Phi) is 6.10. The number of urea groups is 1. The van der Waals surface area contributed by atoms with E-state index in [9.17, 15) is 4.79 Å². The highest BCUT2D eigenvalue weighted by Gasteiger charge is 2.01. The standard InChI is InChI=1S/C17H19ClN2O2/c1-2-3-13-4-10-16(11-5-13)22-12-19-17(21)20-15-8-6-14(18)7-9-15/h4-11H,2-3,12H2,1H3,(H2,19,20,21). The molecule has 0 saturated heterocycles. The minimum Gasteiger partial charge on any atom is -0.473 e. The van der Waals surface area contributed by atoms with Gasteiger partial charge in [0.25, 0.3) is 0 Å². The first-order chi connectivity index (χ1) is 10.7. The topological polar surface area (TPSA) is 50.4 Å². The van der Waals surface area contributed by atoms with Crippen molar-refractivity contribution in [3.63, 3.8) is 0 Å². The number of benzene rings is 2. The lowest BCUT2D eigenvalue weighted by atomic mass is 10.1. The normalized spacial score (nSPS) is 10.1. The van der Waals surface area contributed by atoms with Gasteiger partial charge >= 0.3 is 6.03 Å². The maximum Gasteiger partial charge on any atom is 0.321 e. The molecule has 0 atom stereocenters. The van der Waals surface area contributed by atoms with Gasteiger partial charge in [-0.3, -0.25) is 0 Å². The van der Waals surface area contributed by atoms with Crippen LogP contribution in [0.1, 0.15) is 18.9 Å². The summed E-state index contributed by atoms with van der Waals surface area (Å²) in [5, 5.41) is 5.95. The molecule has 0 aliphatic rings. The predicted molar refractivity (Wildman–Crippen MR) is 89.5 cm³/mol. The van der Waals surface area contributed by atoms with E-state index in [1.54, 1.807) is 24.3 Å². The van der Waals surface area contributed by atoms with Crippen LogP contribution in [0.15, 0.2) is 48.5 Å². The number of hydrogen-bond acceptors (Lipinski definition) is 2. The Morgan fingerprint density at radius 2 is 1.77 bits per heavy atom. The Labute approximate surface area is 135 Å². The third-order valence-electron chi connectivity index (χ3n) is 3.04. The second-order valence-electron chi connectivity index (χ2n) is 4.82. The molecule has 0 aliphatic carbocycles.